The summed E-state index contributed by atoms with van der Waals surface area (Å²) in [7, 11) is 1.63. The Morgan fingerprint density at radius 1 is 1.41 bits per heavy atom. The molecule has 0 aliphatic heterocycles. The fraction of sp³-hybridized carbons (Fsp3) is 0.467. The van der Waals surface area contributed by atoms with Crippen LogP contribution in [0.1, 0.15) is 24.2 Å². The first-order valence-electron chi connectivity index (χ1n) is 6.93. The number of hydrogen-bond acceptors (Lipinski definition) is 6. The van der Waals surface area contributed by atoms with Gasteiger partial charge in [0.2, 0.25) is 5.89 Å². The van der Waals surface area contributed by atoms with Gasteiger partial charge in [0.05, 0.1) is 20.1 Å². The van der Waals surface area contributed by atoms with Gasteiger partial charge in [0.25, 0.3) is 0 Å². The lowest BCUT2D eigenvalue weighted by Crippen LogP contribution is -2.33. The second kappa shape index (κ2) is 8.73. The summed E-state index contributed by atoms with van der Waals surface area (Å²) in [6.07, 6.45) is 1.15. The minimum absolute atomic E-state index is 0. The van der Waals surface area contributed by atoms with Gasteiger partial charge in [0.1, 0.15) is 5.75 Å². The Morgan fingerprint density at radius 2 is 2.18 bits per heavy atom. The third kappa shape index (κ3) is 4.98. The molecule has 3 N–H and O–H groups in total. The highest BCUT2D eigenvalue weighted by molar-refractivity contribution is 5.85. The van der Waals surface area contributed by atoms with Gasteiger partial charge >= 0.3 is 0 Å². The molecule has 2 rings (SSSR count). The summed E-state index contributed by atoms with van der Waals surface area (Å²) in [5, 5.41) is 13.0. The first-order valence-corrected chi connectivity index (χ1v) is 6.93. The van der Waals surface area contributed by atoms with Crippen molar-refractivity contribution in [3.63, 3.8) is 0 Å². The van der Waals surface area contributed by atoms with Crippen molar-refractivity contribution in [1.29, 1.82) is 0 Å². The van der Waals surface area contributed by atoms with E-state index >= 15 is 0 Å². The molecule has 1 aromatic heterocycles. The first kappa shape index (κ1) is 18.4. The van der Waals surface area contributed by atoms with E-state index < -0.39 is 0 Å². The van der Waals surface area contributed by atoms with Crippen LogP contribution in [0.4, 0.5) is 0 Å². The van der Waals surface area contributed by atoms with E-state index in [0.29, 0.717) is 24.6 Å². The molecule has 2 unspecified atom stereocenters. The van der Waals surface area contributed by atoms with E-state index in [0.717, 1.165) is 11.3 Å². The van der Waals surface area contributed by atoms with Crippen molar-refractivity contribution in [2.45, 2.75) is 25.8 Å². The van der Waals surface area contributed by atoms with Gasteiger partial charge in [-0.1, -0.05) is 24.2 Å². The number of benzene rings is 1. The average Bonchev–Trinajstić information content (AvgIpc) is 2.93. The topological polar surface area (TPSA) is 94.4 Å². The second-order valence-electron chi connectivity index (χ2n) is 5.16. The van der Waals surface area contributed by atoms with Crippen molar-refractivity contribution in [2.24, 2.45) is 11.7 Å². The number of halogens is 1. The first-order chi connectivity index (χ1) is 10.1. The fourth-order valence-corrected chi connectivity index (χ4v) is 2.02. The molecule has 6 nitrogen and oxygen atoms in total. The van der Waals surface area contributed by atoms with Crippen molar-refractivity contribution in [1.82, 2.24) is 10.1 Å². The Kier molecular flexibility index (Phi) is 7.31. The molecule has 0 saturated carbocycles. The van der Waals surface area contributed by atoms with E-state index in [1.54, 1.807) is 7.11 Å². The third-order valence-electron chi connectivity index (χ3n) is 3.45. The van der Waals surface area contributed by atoms with Gasteiger partial charge in [-0.05, 0) is 23.6 Å². The summed E-state index contributed by atoms with van der Waals surface area (Å²) in [6, 6.07) is 7.46. The maximum Gasteiger partial charge on any atom is 0.231 e. The molecule has 7 heteroatoms. The maximum atomic E-state index is 9.03. The molecule has 0 radical (unpaired) electrons. The molecule has 22 heavy (non-hydrogen) atoms. The maximum absolute atomic E-state index is 9.03. The summed E-state index contributed by atoms with van der Waals surface area (Å²) in [5.41, 5.74) is 6.82. The summed E-state index contributed by atoms with van der Waals surface area (Å²) in [4.78, 5) is 4.36. The number of methoxy groups -OCH3 is 1. The molecule has 1 heterocycles. The number of aliphatic hydroxyl groups excluding tert-OH is 1. The highest BCUT2D eigenvalue weighted by Crippen LogP contribution is 2.16. The Balaban J connectivity index is 0.00000242. The molecule has 0 fully saturated rings. The highest BCUT2D eigenvalue weighted by atomic mass is 35.5. The molecule has 0 aliphatic rings. The Labute approximate surface area is 136 Å². The summed E-state index contributed by atoms with van der Waals surface area (Å²) in [6.45, 7) is 1.91. The van der Waals surface area contributed by atoms with E-state index in [1.807, 2.05) is 31.2 Å². The van der Waals surface area contributed by atoms with Gasteiger partial charge in [0, 0.05) is 12.5 Å². The molecule has 0 aliphatic carbocycles. The van der Waals surface area contributed by atoms with Crippen LogP contribution in [0.5, 0.6) is 5.75 Å². The lowest BCUT2D eigenvalue weighted by atomic mass is 9.99. The van der Waals surface area contributed by atoms with Crippen molar-refractivity contribution >= 4 is 12.4 Å². The minimum atomic E-state index is -0.273. The quantitative estimate of drug-likeness (QED) is 0.802. The number of aliphatic hydroxyl groups is 1. The smallest absolute Gasteiger partial charge is 0.231 e. The molecule has 0 saturated heterocycles. The number of rotatable bonds is 7. The zero-order valence-electron chi connectivity index (χ0n) is 12.7. The number of aromatic nitrogens is 2. The highest BCUT2D eigenvalue weighted by Gasteiger charge is 2.16. The SMILES string of the molecule is COc1cccc(Cc2nc(CC(C)C(N)CO)no2)c1.Cl. The van der Waals surface area contributed by atoms with Crippen molar-refractivity contribution in [3.8, 4) is 5.75 Å². The van der Waals surface area contributed by atoms with E-state index in [4.69, 9.17) is 20.1 Å². The molecule has 2 aromatic rings. The lowest BCUT2D eigenvalue weighted by Gasteiger charge is -2.14. The van der Waals surface area contributed by atoms with Crippen LogP contribution >= 0.6 is 12.4 Å². The summed E-state index contributed by atoms with van der Waals surface area (Å²) < 4.78 is 10.4. The molecule has 0 spiro atoms. The number of ether oxygens (including phenoxy) is 1. The van der Waals surface area contributed by atoms with Crippen LogP contribution in [0.25, 0.3) is 0 Å². The summed E-state index contributed by atoms with van der Waals surface area (Å²) in [5.74, 6) is 2.07. The van der Waals surface area contributed by atoms with Crippen LogP contribution in [-0.4, -0.2) is 35.0 Å². The lowest BCUT2D eigenvalue weighted by molar-refractivity contribution is 0.230. The van der Waals surface area contributed by atoms with E-state index in [1.165, 1.54) is 0 Å². The Morgan fingerprint density at radius 3 is 2.86 bits per heavy atom. The predicted octanol–water partition coefficient (Wildman–Crippen LogP) is 1.59. The van der Waals surface area contributed by atoms with E-state index in [9.17, 15) is 0 Å². The second-order valence-corrected chi connectivity index (χ2v) is 5.16. The molecule has 0 bridgehead atoms. The van der Waals surface area contributed by atoms with Crippen LogP contribution in [0.3, 0.4) is 0 Å². The average molecular weight is 328 g/mol. The number of nitrogens with zero attached hydrogens (tertiary/aromatic N) is 2. The van der Waals surface area contributed by atoms with Crippen molar-refractivity contribution < 1.29 is 14.4 Å². The van der Waals surface area contributed by atoms with Gasteiger partial charge in [-0.15, -0.1) is 12.4 Å². The molecule has 122 valence electrons. The van der Waals surface area contributed by atoms with Crippen LogP contribution in [0.15, 0.2) is 28.8 Å². The predicted molar refractivity (Wildman–Crippen MR) is 85.3 cm³/mol. The molecule has 2 atom stereocenters. The fourth-order valence-electron chi connectivity index (χ4n) is 2.02. The van der Waals surface area contributed by atoms with Gasteiger partial charge < -0.3 is 20.1 Å². The summed E-state index contributed by atoms with van der Waals surface area (Å²) >= 11 is 0. The van der Waals surface area contributed by atoms with Gasteiger partial charge in [-0.2, -0.15) is 4.98 Å². The van der Waals surface area contributed by atoms with Gasteiger partial charge in [-0.3, -0.25) is 0 Å². The van der Waals surface area contributed by atoms with Crippen molar-refractivity contribution in [2.75, 3.05) is 13.7 Å². The number of hydrogen-bond donors (Lipinski definition) is 2. The van der Waals surface area contributed by atoms with Crippen LogP contribution < -0.4 is 10.5 Å². The van der Waals surface area contributed by atoms with Crippen molar-refractivity contribution in [3.05, 3.63) is 41.5 Å². The molecular formula is C15H22ClN3O3. The minimum Gasteiger partial charge on any atom is -0.497 e. The monoisotopic (exact) mass is 327 g/mol. The zero-order chi connectivity index (χ0) is 15.2. The van der Waals surface area contributed by atoms with Crippen LogP contribution in [0.2, 0.25) is 0 Å². The Bertz CT molecular complexity index is 577. The largest absolute Gasteiger partial charge is 0.497 e. The van der Waals surface area contributed by atoms with E-state index in [2.05, 4.69) is 10.1 Å². The van der Waals surface area contributed by atoms with Gasteiger partial charge in [-0.25, -0.2) is 0 Å². The third-order valence-corrected chi connectivity index (χ3v) is 3.45. The molecule has 0 amide bonds. The van der Waals surface area contributed by atoms with Crippen LogP contribution in [-0.2, 0) is 12.8 Å². The molecule has 1 aromatic carbocycles. The van der Waals surface area contributed by atoms with Crippen LogP contribution in [0, 0.1) is 5.92 Å². The van der Waals surface area contributed by atoms with Gasteiger partial charge in [0.15, 0.2) is 5.82 Å². The van der Waals surface area contributed by atoms with E-state index in [-0.39, 0.29) is 31.0 Å². The standard InChI is InChI=1S/C15H21N3O3.ClH/c1-10(13(16)9-19)6-14-17-15(21-18-14)8-11-4-3-5-12(7-11)20-2;/h3-5,7,10,13,19H,6,8-9,16H2,1-2H3;1H. The molecular weight excluding hydrogens is 306 g/mol. The normalized spacial score (nSPS) is 13.3. The Hall–Kier alpha value is -1.63. The zero-order valence-corrected chi connectivity index (χ0v) is 13.5. The number of nitrogens with two attached hydrogens (primary N) is 1.